The van der Waals surface area contributed by atoms with E-state index in [-0.39, 0.29) is 13.0 Å². The van der Waals surface area contributed by atoms with Gasteiger partial charge in [0.25, 0.3) is 5.91 Å². The van der Waals surface area contributed by atoms with E-state index in [9.17, 15) is 24.8 Å². The van der Waals surface area contributed by atoms with Gasteiger partial charge in [0, 0.05) is 20.5 Å². The minimum atomic E-state index is -1.52. The lowest BCUT2D eigenvalue weighted by atomic mass is 10.0. The third-order valence-electron chi connectivity index (χ3n) is 5.45. The first-order valence-corrected chi connectivity index (χ1v) is 11.4. The average molecular weight is 495 g/mol. The van der Waals surface area contributed by atoms with Crippen molar-refractivity contribution in [2.75, 3.05) is 13.6 Å². The first-order chi connectivity index (χ1) is 16.9. The van der Waals surface area contributed by atoms with Crippen LogP contribution in [0.4, 0.5) is 4.79 Å². The topological polar surface area (TPSA) is 138 Å². The van der Waals surface area contributed by atoms with Gasteiger partial charge < -0.3 is 24.5 Å². The molecular formula is C26H30N4O6. The summed E-state index contributed by atoms with van der Waals surface area (Å²) in [6.07, 6.45) is -1.96. The van der Waals surface area contributed by atoms with Crippen LogP contribution in [-0.4, -0.2) is 57.9 Å². The highest BCUT2D eigenvalue weighted by atomic mass is 16.6. The fourth-order valence-corrected chi connectivity index (χ4v) is 3.53. The summed E-state index contributed by atoms with van der Waals surface area (Å²) >= 11 is 0. The Labute approximate surface area is 208 Å². The van der Waals surface area contributed by atoms with Crippen LogP contribution in [0, 0.1) is 11.3 Å². The molecule has 10 heteroatoms. The number of carbonyl (C=O) groups excluding carboxylic acids is 2. The number of nitrogens with zero attached hydrogens (tertiary/aromatic N) is 3. The van der Waals surface area contributed by atoms with Crippen molar-refractivity contribution in [2.45, 2.75) is 44.9 Å². The SMILES string of the molecule is CN(C[C@H](O)C(=O)N[C@H](C#N)Cc1ccc(-c2ccc3oc(=O)n(C)c3c2)cc1)C(=O)OC(C)(C)C. The van der Waals surface area contributed by atoms with E-state index < -0.39 is 35.5 Å². The van der Waals surface area contributed by atoms with Crippen molar-refractivity contribution in [2.24, 2.45) is 7.05 Å². The Kier molecular flexibility index (Phi) is 7.85. The molecule has 0 aliphatic heterocycles. The van der Waals surface area contributed by atoms with E-state index in [0.29, 0.717) is 11.1 Å². The van der Waals surface area contributed by atoms with Crippen LogP contribution >= 0.6 is 0 Å². The number of aliphatic hydroxyl groups is 1. The third-order valence-corrected chi connectivity index (χ3v) is 5.45. The van der Waals surface area contributed by atoms with Gasteiger partial charge in [-0.1, -0.05) is 30.3 Å². The van der Waals surface area contributed by atoms with Crippen molar-refractivity contribution in [3.8, 4) is 17.2 Å². The summed E-state index contributed by atoms with van der Waals surface area (Å²) in [4.78, 5) is 37.3. The van der Waals surface area contributed by atoms with E-state index >= 15 is 0 Å². The zero-order chi connectivity index (χ0) is 26.6. The number of likely N-dealkylation sites (N-methyl/N-ethyl adjacent to an activating group) is 1. The highest BCUT2D eigenvalue weighted by molar-refractivity contribution is 5.82. The summed E-state index contributed by atoms with van der Waals surface area (Å²) in [5, 5.41) is 22.2. The second-order valence-electron chi connectivity index (χ2n) is 9.58. The quantitative estimate of drug-likeness (QED) is 0.515. The predicted molar refractivity (Wildman–Crippen MR) is 133 cm³/mol. The summed E-state index contributed by atoms with van der Waals surface area (Å²) < 4.78 is 11.8. The molecule has 0 aliphatic carbocycles. The highest BCUT2D eigenvalue weighted by Crippen LogP contribution is 2.24. The summed E-state index contributed by atoms with van der Waals surface area (Å²) in [6.45, 7) is 4.87. The molecule has 3 rings (SSSR count). The Morgan fingerprint density at radius 2 is 1.83 bits per heavy atom. The van der Waals surface area contributed by atoms with Crippen molar-refractivity contribution in [1.82, 2.24) is 14.8 Å². The molecule has 2 amide bonds. The van der Waals surface area contributed by atoms with Gasteiger partial charge in [-0.25, -0.2) is 9.59 Å². The van der Waals surface area contributed by atoms with E-state index in [1.807, 2.05) is 42.5 Å². The number of oxazole rings is 1. The number of nitrogens with one attached hydrogen (secondary N) is 1. The van der Waals surface area contributed by atoms with E-state index in [4.69, 9.17) is 9.15 Å². The third kappa shape index (κ3) is 6.52. The lowest BCUT2D eigenvalue weighted by Gasteiger charge is -2.26. The number of rotatable bonds is 7. The van der Waals surface area contributed by atoms with Crippen molar-refractivity contribution >= 4 is 23.1 Å². The minimum Gasteiger partial charge on any atom is -0.444 e. The van der Waals surface area contributed by atoms with E-state index in [0.717, 1.165) is 21.6 Å². The lowest BCUT2D eigenvalue weighted by Crippen LogP contribution is -2.47. The second-order valence-corrected chi connectivity index (χ2v) is 9.58. The molecule has 36 heavy (non-hydrogen) atoms. The highest BCUT2D eigenvalue weighted by Gasteiger charge is 2.25. The number of hydrogen-bond donors (Lipinski definition) is 2. The maximum absolute atomic E-state index is 12.4. The number of aliphatic hydroxyl groups excluding tert-OH is 1. The molecule has 10 nitrogen and oxygen atoms in total. The number of benzene rings is 2. The van der Waals surface area contributed by atoms with Gasteiger partial charge in [0.2, 0.25) is 0 Å². The van der Waals surface area contributed by atoms with Crippen LogP contribution in [0.1, 0.15) is 26.3 Å². The van der Waals surface area contributed by atoms with Crippen molar-refractivity contribution in [3.05, 3.63) is 58.6 Å². The Bertz CT molecular complexity index is 1340. The Morgan fingerprint density at radius 1 is 1.19 bits per heavy atom. The maximum Gasteiger partial charge on any atom is 0.419 e. The number of aryl methyl sites for hydroxylation is 1. The van der Waals surface area contributed by atoms with Gasteiger partial charge in [0.1, 0.15) is 17.7 Å². The van der Waals surface area contributed by atoms with Crippen LogP contribution < -0.4 is 11.1 Å². The first-order valence-electron chi connectivity index (χ1n) is 11.4. The van der Waals surface area contributed by atoms with Crippen LogP contribution in [-0.2, 0) is 23.0 Å². The van der Waals surface area contributed by atoms with Gasteiger partial charge in [-0.15, -0.1) is 0 Å². The fourth-order valence-electron chi connectivity index (χ4n) is 3.53. The van der Waals surface area contributed by atoms with Crippen molar-refractivity contribution in [3.63, 3.8) is 0 Å². The molecule has 2 aromatic carbocycles. The van der Waals surface area contributed by atoms with E-state index in [2.05, 4.69) is 5.32 Å². The van der Waals surface area contributed by atoms with Crippen LogP contribution in [0.15, 0.2) is 51.7 Å². The maximum atomic E-state index is 12.4. The molecule has 2 N–H and O–H groups in total. The molecule has 0 fully saturated rings. The standard InChI is InChI=1S/C26H30N4O6/c1-26(2,3)36-24(33)29(4)15-21(31)23(32)28-19(14-27)12-16-6-8-17(9-7-16)18-10-11-22-20(13-18)30(5)25(34)35-22/h6-11,13,19,21,31H,12,15H2,1-5H3,(H,28,32)/t19-,21-/m0/s1. The number of fused-ring (bicyclic) bond motifs is 1. The summed E-state index contributed by atoms with van der Waals surface area (Å²) in [5.41, 5.74) is 3.10. The molecule has 0 spiro atoms. The monoisotopic (exact) mass is 494 g/mol. The van der Waals surface area contributed by atoms with Gasteiger partial charge >= 0.3 is 11.8 Å². The molecule has 0 aliphatic rings. The number of aromatic nitrogens is 1. The predicted octanol–water partition coefficient (Wildman–Crippen LogP) is 2.58. The Morgan fingerprint density at radius 3 is 2.44 bits per heavy atom. The van der Waals surface area contributed by atoms with E-state index in [1.165, 1.54) is 11.6 Å². The van der Waals surface area contributed by atoms with Crippen LogP contribution in [0.3, 0.4) is 0 Å². The van der Waals surface area contributed by atoms with Crippen molar-refractivity contribution in [1.29, 1.82) is 5.26 Å². The molecule has 0 radical (unpaired) electrons. The molecular weight excluding hydrogens is 464 g/mol. The summed E-state index contributed by atoms with van der Waals surface area (Å²) in [6, 6.07) is 14.1. The number of amides is 2. The fraction of sp³-hybridized carbons (Fsp3) is 0.385. The molecule has 3 aromatic rings. The molecule has 190 valence electrons. The largest absolute Gasteiger partial charge is 0.444 e. The summed E-state index contributed by atoms with van der Waals surface area (Å²) in [7, 11) is 3.06. The number of carbonyl (C=O) groups is 2. The molecule has 0 saturated carbocycles. The van der Waals surface area contributed by atoms with Gasteiger partial charge in [0.05, 0.1) is 18.1 Å². The number of nitriles is 1. The van der Waals surface area contributed by atoms with Crippen LogP contribution in [0.25, 0.3) is 22.2 Å². The normalized spacial score (nSPS) is 13.0. The van der Waals surface area contributed by atoms with Gasteiger partial charge in [-0.05, 0) is 49.6 Å². The van der Waals surface area contributed by atoms with Gasteiger partial charge in [0.15, 0.2) is 5.58 Å². The Hall–Kier alpha value is -4.10. The zero-order valence-corrected chi connectivity index (χ0v) is 20.9. The molecule has 0 bridgehead atoms. The molecule has 1 heterocycles. The number of hydrogen-bond acceptors (Lipinski definition) is 7. The minimum absolute atomic E-state index is 0.229. The Balaban J connectivity index is 1.60. The average Bonchev–Trinajstić information content (AvgIpc) is 3.10. The summed E-state index contributed by atoms with van der Waals surface area (Å²) in [5.74, 6) is -1.18. The zero-order valence-electron chi connectivity index (χ0n) is 20.9. The molecule has 0 unspecified atom stereocenters. The van der Waals surface area contributed by atoms with Crippen LogP contribution in [0.2, 0.25) is 0 Å². The van der Waals surface area contributed by atoms with Crippen LogP contribution in [0.5, 0.6) is 0 Å². The van der Waals surface area contributed by atoms with Crippen molar-refractivity contribution < 1.29 is 23.8 Å². The second kappa shape index (κ2) is 10.7. The van der Waals surface area contributed by atoms with Gasteiger partial charge in [-0.2, -0.15) is 5.26 Å². The molecule has 2 atom stereocenters. The first kappa shape index (κ1) is 26.5. The lowest BCUT2D eigenvalue weighted by molar-refractivity contribution is -0.130. The van der Waals surface area contributed by atoms with E-state index in [1.54, 1.807) is 33.9 Å². The number of ether oxygens (including phenoxy) is 1. The molecule has 0 saturated heterocycles. The smallest absolute Gasteiger partial charge is 0.419 e. The molecule has 1 aromatic heterocycles. The van der Waals surface area contributed by atoms with Gasteiger partial charge in [-0.3, -0.25) is 9.36 Å².